The molecule has 0 aliphatic carbocycles. The molecule has 2 saturated heterocycles. The summed E-state index contributed by atoms with van der Waals surface area (Å²) in [5.74, 6) is -1.35. The zero-order chi connectivity index (χ0) is 17.9. The summed E-state index contributed by atoms with van der Waals surface area (Å²) in [6.07, 6.45) is 3.53. The number of methoxy groups -OCH3 is 1. The SMILES string of the molecule is COCCN1C[C@@]2(CCCN(Cc3cccc(F)c3F)C2)CCC1=O. The molecule has 25 heavy (non-hydrogen) atoms. The lowest BCUT2D eigenvalue weighted by atomic mass is 9.73. The number of carbonyl (C=O) groups excluding carboxylic acids is 1. The maximum absolute atomic E-state index is 14.0. The fraction of sp³-hybridized carbons (Fsp3) is 0.632. The van der Waals surface area contributed by atoms with Gasteiger partial charge < -0.3 is 9.64 Å². The predicted molar refractivity (Wildman–Crippen MR) is 91.0 cm³/mol. The summed E-state index contributed by atoms with van der Waals surface area (Å²) in [5.41, 5.74) is 0.462. The van der Waals surface area contributed by atoms with Crippen LogP contribution in [0.3, 0.4) is 0 Å². The van der Waals surface area contributed by atoms with Crippen LogP contribution >= 0.6 is 0 Å². The molecule has 0 bridgehead atoms. The van der Waals surface area contributed by atoms with Crippen LogP contribution in [0.15, 0.2) is 18.2 Å². The van der Waals surface area contributed by atoms with Crippen molar-refractivity contribution in [3.8, 4) is 0 Å². The molecule has 2 aliphatic heterocycles. The summed E-state index contributed by atoms with van der Waals surface area (Å²) >= 11 is 0. The third-order valence-electron chi connectivity index (χ3n) is 5.48. The van der Waals surface area contributed by atoms with Crippen molar-refractivity contribution in [2.45, 2.75) is 32.2 Å². The summed E-state index contributed by atoms with van der Waals surface area (Å²) in [6.45, 7) is 4.01. The zero-order valence-corrected chi connectivity index (χ0v) is 14.8. The van der Waals surface area contributed by atoms with E-state index < -0.39 is 11.6 Å². The molecule has 0 N–H and O–H groups in total. The molecule has 0 unspecified atom stereocenters. The van der Waals surface area contributed by atoms with Gasteiger partial charge in [0.05, 0.1) is 6.61 Å². The largest absolute Gasteiger partial charge is 0.383 e. The molecular weight excluding hydrogens is 326 g/mol. The summed E-state index contributed by atoms with van der Waals surface area (Å²) < 4.78 is 32.5. The van der Waals surface area contributed by atoms with Crippen LogP contribution in [0.5, 0.6) is 0 Å². The van der Waals surface area contributed by atoms with Gasteiger partial charge in [-0.2, -0.15) is 0 Å². The highest BCUT2D eigenvalue weighted by atomic mass is 19.2. The van der Waals surface area contributed by atoms with E-state index in [4.69, 9.17) is 4.74 Å². The van der Waals surface area contributed by atoms with Gasteiger partial charge in [0, 0.05) is 50.7 Å². The predicted octanol–water partition coefficient (Wildman–Crippen LogP) is 2.82. The van der Waals surface area contributed by atoms with Crippen LogP contribution in [0.25, 0.3) is 0 Å². The molecular formula is C19H26F2N2O2. The van der Waals surface area contributed by atoms with Gasteiger partial charge in [0.15, 0.2) is 11.6 Å². The number of rotatable bonds is 5. The van der Waals surface area contributed by atoms with Crippen LogP contribution in [-0.2, 0) is 16.1 Å². The Morgan fingerprint density at radius 2 is 2.08 bits per heavy atom. The van der Waals surface area contributed by atoms with E-state index in [1.165, 1.54) is 0 Å². The molecule has 2 fully saturated rings. The summed E-state index contributed by atoms with van der Waals surface area (Å²) in [7, 11) is 1.64. The van der Waals surface area contributed by atoms with Gasteiger partial charge in [-0.05, 0) is 31.9 Å². The first-order chi connectivity index (χ1) is 12.0. The summed E-state index contributed by atoms with van der Waals surface area (Å²) in [6, 6.07) is 4.35. The van der Waals surface area contributed by atoms with Crippen molar-refractivity contribution in [2.24, 2.45) is 5.41 Å². The van der Waals surface area contributed by atoms with E-state index in [0.717, 1.165) is 45.0 Å². The number of likely N-dealkylation sites (tertiary alicyclic amines) is 2. The number of nitrogens with zero attached hydrogens (tertiary/aromatic N) is 2. The van der Waals surface area contributed by atoms with Crippen molar-refractivity contribution in [1.82, 2.24) is 9.80 Å². The first kappa shape index (κ1) is 18.3. The lowest BCUT2D eigenvalue weighted by Crippen LogP contribution is -2.54. The molecule has 1 aromatic rings. The Kier molecular flexibility index (Phi) is 5.69. The molecule has 4 nitrogen and oxygen atoms in total. The van der Waals surface area contributed by atoms with Crippen molar-refractivity contribution in [3.63, 3.8) is 0 Å². The Hall–Kier alpha value is -1.53. The number of hydrogen-bond acceptors (Lipinski definition) is 3. The number of halogens is 2. The molecule has 2 aliphatic rings. The minimum absolute atomic E-state index is 0.0592. The molecule has 1 atom stereocenters. The number of amides is 1. The van der Waals surface area contributed by atoms with E-state index in [-0.39, 0.29) is 11.3 Å². The Morgan fingerprint density at radius 1 is 1.24 bits per heavy atom. The van der Waals surface area contributed by atoms with Crippen molar-refractivity contribution in [2.75, 3.05) is 39.9 Å². The molecule has 1 aromatic carbocycles. The average molecular weight is 352 g/mol. The van der Waals surface area contributed by atoms with Crippen LogP contribution in [0.2, 0.25) is 0 Å². The molecule has 0 radical (unpaired) electrons. The smallest absolute Gasteiger partial charge is 0.222 e. The van der Waals surface area contributed by atoms with Gasteiger partial charge in [-0.15, -0.1) is 0 Å². The van der Waals surface area contributed by atoms with Crippen LogP contribution in [-0.4, -0.2) is 55.6 Å². The maximum Gasteiger partial charge on any atom is 0.222 e. The van der Waals surface area contributed by atoms with E-state index in [9.17, 15) is 13.6 Å². The van der Waals surface area contributed by atoms with Gasteiger partial charge in [0.1, 0.15) is 0 Å². The van der Waals surface area contributed by atoms with Crippen molar-refractivity contribution in [3.05, 3.63) is 35.4 Å². The third kappa shape index (κ3) is 4.18. The fourth-order valence-electron chi connectivity index (χ4n) is 4.20. The Labute approximate surface area is 147 Å². The first-order valence-electron chi connectivity index (χ1n) is 8.95. The Balaban J connectivity index is 1.67. The van der Waals surface area contributed by atoms with Crippen molar-refractivity contribution >= 4 is 5.91 Å². The highest BCUT2D eigenvalue weighted by Gasteiger charge is 2.41. The van der Waals surface area contributed by atoms with Crippen molar-refractivity contribution < 1.29 is 18.3 Å². The van der Waals surface area contributed by atoms with Crippen LogP contribution in [0.1, 0.15) is 31.2 Å². The second-order valence-corrected chi connectivity index (χ2v) is 7.34. The van der Waals surface area contributed by atoms with E-state index in [2.05, 4.69) is 4.90 Å². The minimum atomic E-state index is -0.793. The monoisotopic (exact) mass is 352 g/mol. The molecule has 2 heterocycles. The zero-order valence-electron chi connectivity index (χ0n) is 14.8. The molecule has 0 aromatic heterocycles. The molecule has 138 valence electrons. The summed E-state index contributed by atoms with van der Waals surface area (Å²) in [4.78, 5) is 16.2. The van der Waals surface area contributed by atoms with E-state index in [1.807, 2.05) is 4.90 Å². The third-order valence-corrected chi connectivity index (χ3v) is 5.48. The molecule has 0 saturated carbocycles. The van der Waals surface area contributed by atoms with Crippen LogP contribution in [0.4, 0.5) is 8.78 Å². The average Bonchev–Trinajstić information content (AvgIpc) is 2.60. The topological polar surface area (TPSA) is 32.8 Å². The number of ether oxygens (including phenoxy) is 1. The van der Waals surface area contributed by atoms with Gasteiger partial charge in [-0.1, -0.05) is 12.1 Å². The van der Waals surface area contributed by atoms with Gasteiger partial charge in [0.25, 0.3) is 0 Å². The Morgan fingerprint density at radius 3 is 2.88 bits per heavy atom. The minimum Gasteiger partial charge on any atom is -0.383 e. The van der Waals surface area contributed by atoms with Crippen LogP contribution < -0.4 is 0 Å². The molecule has 1 spiro atoms. The quantitative estimate of drug-likeness (QED) is 0.817. The lowest BCUT2D eigenvalue weighted by molar-refractivity contribution is -0.140. The summed E-state index contributed by atoms with van der Waals surface area (Å²) in [5, 5.41) is 0. The van der Waals surface area contributed by atoms with Gasteiger partial charge in [-0.25, -0.2) is 8.78 Å². The van der Waals surface area contributed by atoms with Crippen LogP contribution in [0, 0.1) is 17.0 Å². The molecule has 1 amide bonds. The second kappa shape index (κ2) is 7.79. The van der Waals surface area contributed by atoms with E-state index in [1.54, 1.807) is 19.2 Å². The number of benzene rings is 1. The number of carbonyl (C=O) groups is 1. The number of piperidine rings is 2. The fourth-order valence-corrected chi connectivity index (χ4v) is 4.20. The normalized spacial score (nSPS) is 24.9. The molecule has 3 rings (SSSR count). The van der Waals surface area contributed by atoms with Gasteiger partial charge >= 0.3 is 0 Å². The Bertz CT molecular complexity index is 625. The number of hydrogen-bond donors (Lipinski definition) is 0. The molecule has 6 heteroatoms. The van der Waals surface area contributed by atoms with Gasteiger partial charge in [0.2, 0.25) is 5.91 Å². The van der Waals surface area contributed by atoms with Crippen molar-refractivity contribution in [1.29, 1.82) is 0 Å². The highest BCUT2D eigenvalue weighted by Crippen LogP contribution is 2.39. The van der Waals surface area contributed by atoms with E-state index in [0.29, 0.717) is 31.7 Å². The van der Waals surface area contributed by atoms with E-state index >= 15 is 0 Å². The second-order valence-electron chi connectivity index (χ2n) is 7.34. The lowest BCUT2D eigenvalue weighted by Gasteiger charge is -2.48. The highest BCUT2D eigenvalue weighted by molar-refractivity contribution is 5.77. The maximum atomic E-state index is 14.0. The van der Waals surface area contributed by atoms with Gasteiger partial charge in [-0.3, -0.25) is 9.69 Å². The first-order valence-corrected chi connectivity index (χ1v) is 8.95. The standard InChI is InChI=1S/C19H26F2N2O2/c1-25-11-10-23-14-19(8-6-17(23)24)7-3-9-22(13-19)12-15-4-2-5-16(20)18(15)21/h2,4-5H,3,6-14H2,1H3/t19-/m0/s1.